The zero-order valence-corrected chi connectivity index (χ0v) is 18.2. The average molecular weight is 447 g/mol. The molecule has 3 aliphatic rings. The van der Waals surface area contributed by atoms with Crippen LogP contribution in [-0.4, -0.2) is 40.6 Å². The summed E-state index contributed by atoms with van der Waals surface area (Å²) < 4.78 is 5.16. The molecule has 2 fully saturated rings. The summed E-state index contributed by atoms with van der Waals surface area (Å²) in [5.74, 6) is -2.75. The van der Waals surface area contributed by atoms with Gasteiger partial charge in [0, 0.05) is 18.3 Å². The number of carbonyl (C=O) groups is 3. The van der Waals surface area contributed by atoms with Gasteiger partial charge in [0.15, 0.2) is 11.5 Å². The first-order valence-corrected chi connectivity index (χ1v) is 10.5. The fourth-order valence-electron chi connectivity index (χ4n) is 5.47. The van der Waals surface area contributed by atoms with Crippen LogP contribution in [0.1, 0.15) is 29.7 Å². The van der Waals surface area contributed by atoms with Crippen LogP contribution < -0.4 is 9.64 Å². The smallest absolute Gasteiger partial charge is 0.311 e. The summed E-state index contributed by atoms with van der Waals surface area (Å²) >= 11 is 0. The minimum absolute atomic E-state index is 0.0473. The van der Waals surface area contributed by atoms with Crippen molar-refractivity contribution in [3.8, 4) is 5.75 Å². The molecule has 0 radical (unpaired) electrons. The zero-order chi connectivity index (χ0) is 23.6. The lowest BCUT2D eigenvalue weighted by atomic mass is 9.84. The SMILES string of the molecule is COc1cc(N2C(=O)[C@@H]3[C@@H](C2=O)[C@@H]2c4ccccc4C=CN2[C@@H]3C(C)=O)c(C)cc1[N+](=O)[O-]. The van der Waals surface area contributed by atoms with Crippen molar-refractivity contribution in [3.05, 3.63) is 69.4 Å². The second-order valence-electron chi connectivity index (χ2n) is 8.52. The molecule has 2 aromatic rings. The number of imide groups is 1. The van der Waals surface area contributed by atoms with Crippen molar-refractivity contribution in [1.29, 1.82) is 0 Å². The number of fused-ring (bicyclic) bond motifs is 5. The maximum atomic E-state index is 13.8. The predicted octanol–water partition coefficient (Wildman–Crippen LogP) is 3.02. The first kappa shape index (κ1) is 20.9. The molecular weight excluding hydrogens is 426 g/mol. The highest BCUT2D eigenvalue weighted by molar-refractivity contribution is 6.24. The van der Waals surface area contributed by atoms with E-state index in [9.17, 15) is 24.5 Å². The van der Waals surface area contributed by atoms with Crippen LogP contribution in [0.5, 0.6) is 5.75 Å². The summed E-state index contributed by atoms with van der Waals surface area (Å²) in [5, 5.41) is 11.4. The molecule has 0 aliphatic carbocycles. The third kappa shape index (κ3) is 2.81. The van der Waals surface area contributed by atoms with Crippen molar-refractivity contribution in [2.45, 2.75) is 25.9 Å². The normalized spacial score (nSPS) is 25.1. The van der Waals surface area contributed by atoms with Crippen LogP contribution in [0.2, 0.25) is 0 Å². The number of Topliss-reactive ketones (excluding diaryl/α,β-unsaturated/α-hetero) is 1. The molecular formula is C24H21N3O6. The van der Waals surface area contributed by atoms with Crippen molar-refractivity contribution in [2.24, 2.45) is 11.8 Å². The molecule has 5 rings (SSSR count). The number of carbonyl (C=O) groups excluding carboxylic acids is 3. The molecule has 2 saturated heterocycles. The first-order chi connectivity index (χ1) is 15.8. The quantitative estimate of drug-likeness (QED) is 0.402. The van der Waals surface area contributed by atoms with E-state index in [1.165, 1.54) is 26.2 Å². The molecule has 0 aromatic heterocycles. The lowest BCUT2D eigenvalue weighted by molar-refractivity contribution is -0.385. The Balaban J connectivity index is 1.65. The van der Waals surface area contributed by atoms with E-state index in [0.29, 0.717) is 5.56 Å². The summed E-state index contributed by atoms with van der Waals surface area (Å²) in [4.78, 5) is 53.8. The lowest BCUT2D eigenvalue weighted by Crippen LogP contribution is -2.43. The number of nitrogens with zero attached hydrogens (tertiary/aromatic N) is 3. The second-order valence-corrected chi connectivity index (χ2v) is 8.52. The predicted molar refractivity (Wildman–Crippen MR) is 118 cm³/mol. The molecule has 33 heavy (non-hydrogen) atoms. The van der Waals surface area contributed by atoms with Gasteiger partial charge < -0.3 is 9.64 Å². The number of nitro benzene ring substituents is 1. The van der Waals surface area contributed by atoms with E-state index in [1.54, 1.807) is 13.1 Å². The Morgan fingerprint density at radius 2 is 1.82 bits per heavy atom. The summed E-state index contributed by atoms with van der Waals surface area (Å²) in [6.45, 7) is 3.03. The molecule has 0 saturated carbocycles. The molecule has 0 bridgehead atoms. The molecule has 0 spiro atoms. The summed E-state index contributed by atoms with van der Waals surface area (Å²) in [5.41, 5.74) is 2.20. The van der Waals surface area contributed by atoms with Crippen LogP contribution in [0.3, 0.4) is 0 Å². The summed E-state index contributed by atoms with van der Waals surface area (Å²) in [6, 6.07) is 9.03. The molecule has 3 aliphatic heterocycles. The number of nitro groups is 1. The Morgan fingerprint density at radius 3 is 2.48 bits per heavy atom. The minimum atomic E-state index is -0.851. The molecule has 0 unspecified atom stereocenters. The van der Waals surface area contributed by atoms with Gasteiger partial charge in [-0.25, -0.2) is 4.90 Å². The number of methoxy groups -OCH3 is 1. The number of aryl methyl sites for hydroxylation is 1. The Labute approximate surface area is 189 Å². The van der Waals surface area contributed by atoms with E-state index in [2.05, 4.69) is 0 Å². The fraction of sp³-hybridized carbons (Fsp3) is 0.292. The highest BCUT2D eigenvalue weighted by Gasteiger charge is 2.64. The maximum Gasteiger partial charge on any atom is 0.311 e. The first-order valence-electron chi connectivity index (χ1n) is 10.5. The lowest BCUT2D eigenvalue weighted by Gasteiger charge is -2.35. The van der Waals surface area contributed by atoms with Crippen molar-refractivity contribution in [2.75, 3.05) is 12.0 Å². The number of amides is 2. The fourth-order valence-corrected chi connectivity index (χ4v) is 5.47. The van der Waals surface area contributed by atoms with Gasteiger partial charge in [-0.3, -0.25) is 24.5 Å². The number of ketones is 1. The van der Waals surface area contributed by atoms with E-state index in [4.69, 9.17) is 4.74 Å². The van der Waals surface area contributed by atoms with Crippen molar-refractivity contribution in [3.63, 3.8) is 0 Å². The van der Waals surface area contributed by atoms with Gasteiger partial charge in [-0.15, -0.1) is 0 Å². The largest absolute Gasteiger partial charge is 0.490 e. The van der Waals surface area contributed by atoms with E-state index in [0.717, 1.165) is 16.0 Å². The van der Waals surface area contributed by atoms with Crippen LogP contribution in [-0.2, 0) is 14.4 Å². The number of rotatable bonds is 4. The standard InChI is InChI=1S/C24H21N3O6/c1-12-10-17(27(31)32)18(33-3)11-16(12)26-23(29)19-20(24(26)30)22-15-7-5-4-6-14(15)8-9-25(22)21(19)13(2)28/h4-11,19-22H,1-3H3/t19-,20-,21-,22+/m1/s1. The van der Waals surface area contributed by atoms with Gasteiger partial charge in [0.2, 0.25) is 11.8 Å². The maximum absolute atomic E-state index is 13.8. The van der Waals surface area contributed by atoms with Gasteiger partial charge in [0.05, 0.1) is 41.6 Å². The van der Waals surface area contributed by atoms with E-state index < -0.39 is 40.7 Å². The third-order valence-electron chi connectivity index (χ3n) is 6.81. The van der Waals surface area contributed by atoms with Gasteiger partial charge >= 0.3 is 5.69 Å². The molecule has 0 N–H and O–H groups in total. The van der Waals surface area contributed by atoms with Gasteiger partial charge in [0.25, 0.3) is 0 Å². The molecule has 3 heterocycles. The van der Waals surface area contributed by atoms with Gasteiger partial charge in [-0.2, -0.15) is 0 Å². The number of hydrogen-bond donors (Lipinski definition) is 0. The number of hydrogen-bond acceptors (Lipinski definition) is 7. The van der Waals surface area contributed by atoms with Gasteiger partial charge in [0.1, 0.15) is 0 Å². The molecule has 9 heteroatoms. The highest BCUT2D eigenvalue weighted by atomic mass is 16.6. The van der Waals surface area contributed by atoms with E-state index in [1.807, 2.05) is 35.2 Å². The summed E-state index contributed by atoms with van der Waals surface area (Å²) in [7, 11) is 1.29. The Hall–Kier alpha value is -4.01. The number of benzene rings is 2. The van der Waals surface area contributed by atoms with Crippen molar-refractivity contribution in [1.82, 2.24) is 4.90 Å². The molecule has 9 nitrogen and oxygen atoms in total. The third-order valence-corrected chi connectivity index (χ3v) is 6.81. The number of anilines is 1. The van der Waals surface area contributed by atoms with Crippen LogP contribution in [0.15, 0.2) is 42.6 Å². The zero-order valence-electron chi connectivity index (χ0n) is 18.2. The molecule has 2 aromatic carbocycles. The summed E-state index contributed by atoms with van der Waals surface area (Å²) in [6.07, 6.45) is 3.68. The van der Waals surface area contributed by atoms with Crippen molar-refractivity contribution < 1.29 is 24.0 Å². The highest BCUT2D eigenvalue weighted by Crippen LogP contribution is 2.53. The van der Waals surface area contributed by atoms with Crippen LogP contribution in [0, 0.1) is 28.9 Å². The Bertz CT molecular complexity index is 1270. The van der Waals surface area contributed by atoms with Gasteiger partial charge in [-0.1, -0.05) is 24.3 Å². The molecule has 4 atom stereocenters. The average Bonchev–Trinajstić information content (AvgIpc) is 3.26. The Kier molecular flexibility index (Phi) is 4.59. The van der Waals surface area contributed by atoms with Gasteiger partial charge in [-0.05, 0) is 36.6 Å². The molecule has 2 amide bonds. The van der Waals surface area contributed by atoms with Crippen LogP contribution >= 0.6 is 0 Å². The molecule has 168 valence electrons. The Morgan fingerprint density at radius 1 is 1.12 bits per heavy atom. The van der Waals surface area contributed by atoms with E-state index >= 15 is 0 Å². The topological polar surface area (TPSA) is 110 Å². The minimum Gasteiger partial charge on any atom is -0.490 e. The van der Waals surface area contributed by atoms with E-state index in [-0.39, 0.29) is 22.9 Å². The number of ether oxygens (including phenoxy) is 1. The monoisotopic (exact) mass is 447 g/mol. The van der Waals surface area contributed by atoms with Crippen LogP contribution in [0.4, 0.5) is 11.4 Å². The second kappa shape index (κ2) is 7.26. The van der Waals surface area contributed by atoms with Crippen molar-refractivity contribution >= 4 is 35.0 Å². The van der Waals surface area contributed by atoms with Crippen LogP contribution in [0.25, 0.3) is 6.08 Å².